The number of aliphatic hydroxyl groups excluding tert-OH is 1. The molecule has 3 heterocycles. The highest BCUT2D eigenvalue weighted by Crippen LogP contribution is 2.49. The number of nitrogens with two attached hydrogens (primary N) is 1. The number of carbonyl (C=O) groups is 7. The summed E-state index contributed by atoms with van der Waals surface area (Å²) in [5.41, 5.74) is 3.56. The van der Waals surface area contributed by atoms with Crippen molar-refractivity contribution in [1.29, 1.82) is 0 Å². The van der Waals surface area contributed by atoms with Gasteiger partial charge >= 0.3 is 12.1 Å². The van der Waals surface area contributed by atoms with Gasteiger partial charge in [0.15, 0.2) is 12.0 Å². The molecule has 2 aromatic carbocycles. The number of nitrogens with one attached hydrogen (secondary N) is 6. The predicted octanol–water partition coefficient (Wildman–Crippen LogP) is 6.93. The number of hydrogen-bond acceptors (Lipinski definition) is 16. The molecule has 10 atom stereocenters. The third-order valence-corrected chi connectivity index (χ3v) is 17.8. The molecule has 3 aliphatic heterocycles. The minimum absolute atomic E-state index is 0.0524. The van der Waals surface area contributed by atoms with Crippen LogP contribution in [0.5, 0.6) is 5.75 Å². The molecule has 472 valence electrons. The third-order valence-electron chi connectivity index (χ3n) is 15.5. The Labute approximate surface area is 519 Å². The number of amides is 7. The number of anilines is 3. The number of alkyl halides is 2. The van der Waals surface area contributed by atoms with E-state index >= 15 is 0 Å². The zero-order chi connectivity index (χ0) is 63.2. The number of aldehydes is 1. The molecule has 10 N–H and O–H groups in total. The zero-order valence-corrected chi connectivity index (χ0v) is 54.2. The standard InChI is InChI=1S/C59H85Br2ClN8O15/c1-33(2)49(68-46(72)19-12-13-22-56(6,7)85-58(30-60,31-61)32-71)52(75)66-40(17-15-23-64-53(63)76)51(74)65-38-20-21-39(35(4)25-38)67-54(77)83-45-28-47(73)70(9)41-26-37(27-42(80-10)48(41)62)24-34(3)16-14-18-44(81-11)59(79)29-43(82-55(78)69-59)36(5)50-57(45,8)84-50/h14,16,18,20-21,25-27,32-33,36,40,43-45,49-50,55,69,78-79H,12-13,15,17,19,22-24,28-31H2,1-11H3,(H,65,74)(H,66,75)(H,67,77)(H,68,72)(H3,63,64,76)/b18-14+,34-16+/t36-,40+,43+,44-,45+,49+,50+,55?,57+,59+/m1/s1. The van der Waals surface area contributed by atoms with Gasteiger partial charge in [0.1, 0.15) is 46.3 Å². The molecule has 2 saturated heterocycles. The lowest BCUT2D eigenvalue weighted by Gasteiger charge is -2.44. The van der Waals surface area contributed by atoms with Crippen molar-refractivity contribution in [1.82, 2.24) is 21.3 Å². The summed E-state index contributed by atoms with van der Waals surface area (Å²) in [4.78, 5) is 94.4. The molecule has 26 heteroatoms. The van der Waals surface area contributed by atoms with Crippen LogP contribution in [0.2, 0.25) is 5.02 Å². The Bertz CT molecular complexity index is 2770. The second kappa shape index (κ2) is 31.1. The smallest absolute Gasteiger partial charge is 0.412 e. The highest BCUT2D eigenvalue weighted by atomic mass is 79.9. The number of ether oxygens (including phenoxy) is 6. The van der Waals surface area contributed by atoms with Gasteiger partial charge in [-0.15, -0.1) is 0 Å². The van der Waals surface area contributed by atoms with Gasteiger partial charge in [0.2, 0.25) is 30.0 Å². The maximum atomic E-state index is 14.5. The van der Waals surface area contributed by atoms with Gasteiger partial charge in [0.25, 0.3) is 0 Å². The number of allylic oxidation sites excluding steroid dienone is 3. The number of nitrogens with zero attached hydrogens (tertiary/aromatic N) is 1. The van der Waals surface area contributed by atoms with E-state index in [0.29, 0.717) is 59.0 Å². The van der Waals surface area contributed by atoms with E-state index in [0.717, 1.165) is 17.4 Å². The van der Waals surface area contributed by atoms with Crippen LogP contribution in [0.1, 0.15) is 111 Å². The zero-order valence-electron chi connectivity index (χ0n) is 50.2. The van der Waals surface area contributed by atoms with E-state index in [1.807, 2.05) is 26.8 Å². The van der Waals surface area contributed by atoms with E-state index in [1.54, 1.807) is 72.0 Å². The van der Waals surface area contributed by atoms with E-state index in [4.69, 9.17) is 45.8 Å². The molecular weight excluding hydrogens is 1260 g/mol. The lowest BCUT2D eigenvalue weighted by molar-refractivity contribution is -0.271. The van der Waals surface area contributed by atoms with Crippen LogP contribution in [0.15, 0.2) is 54.1 Å². The number of primary amides is 1. The highest BCUT2D eigenvalue weighted by Gasteiger charge is 2.64. The molecule has 3 aliphatic rings. The third kappa shape index (κ3) is 19.4. The Morgan fingerprint density at radius 2 is 1.74 bits per heavy atom. The van der Waals surface area contributed by atoms with Crippen LogP contribution in [0.3, 0.4) is 0 Å². The fourth-order valence-electron chi connectivity index (χ4n) is 10.5. The largest absolute Gasteiger partial charge is 0.495 e. The van der Waals surface area contributed by atoms with E-state index in [1.165, 1.54) is 31.3 Å². The number of fused-ring (bicyclic) bond motifs is 5. The molecular formula is C59H85Br2ClN8O15. The number of epoxide rings is 1. The van der Waals surface area contributed by atoms with Gasteiger partial charge < -0.3 is 75.3 Å². The van der Waals surface area contributed by atoms with Gasteiger partial charge in [0.05, 0.1) is 37.0 Å². The molecule has 1 unspecified atom stereocenters. The van der Waals surface area contributed by atoms with Gasteiger partial charge in [-0.3, -0.25) is 24.5 Å². The number of halogens is 3. The minimum atomic E-state index is -1.80. The van der Waals surface area contributed by atoms with E-state index < -0.39 is 101 Å². The number of hydrogen-bond donors (Lipinski definition) is 9. The molecule has 0 saturated carbocycles. The second-order valence-corrected chi connectivity index (χ2v) is 24.7. The van der Waals surface area contributed by atoms with Crippen LogP contribution in [0.4, 0.5) is 26.7 Å². The van der Waals surface area contributed by atoms with Crippen LogP contribution >= 0.6 is 43.5 Å². The van der Waals surface area contributed by atoms with Gasteiger partial charge in [-0.1, -0.05) is 94.5 Å². The fraction of sp³-hybridized carbons (Fsp3) is 0.610. The lowest BCUT2D eigenvalue weighted by Crippen LogP contribution is -2.65. The summed E-state index contributed by atoms with van der Waals surface area (Å²) in [6, 6.07) is 5.30. The summed E-state index contributed by atoms with van der Waals surface area (Å²) in [5, 5.41) is 40.0. The SMILES string of the molecule is COc1cc2cc(c1Cl)N(C)C(=O)C[C@H](OC(=O)Nc1ccc(NC(=O)[C@H](CCCNC(N)=O)NC(=O)[C@@H](NC(=O)CCCCC(C)(C)OC(C=O)(CBr)CBr)C(C)C)cc1C)[C@]1(C)O[C@H]1[C@H](C)[C@@H]1C[C@@](O)(NC(O)O1)[C@H](OC)/C=C/C=C(\C)C2. The maximum Gasteiger partial charge on any atom is 0.412 e. The monoisotopic (exact) mass is 1340 g/mol. The summed E-state index contributed by atoms with van der Waals surface area (Å²) in [7, 11) is 4.46. The van der Waals surface area contributed by atoms with Crippen molar-refractivity contribution in [3.8, 4) is 5.75 Å². The topological polar surface area (TPSA) is 320 Å². The normalized spacial score (nSPS) is 25.4. The maximum absolute atomic E-state index is 14.5. The molecule has 0 radical (unpaired) electrons. The first-order valence-electron chi connectivity index (χ1n) is 28.3. The van der Waals surface area contributed by atoms with Crippen LogP contribution in [0.25, 0.3) is 0 Å². The number of benzene rings is 2. The summed E-state index contributed by atoms with van der Waals surface area (Å²) >= 11 is 13.6. The van der Waals surface area contributed by atoms with Crippen LogP contribution < -0.4 is 47.3 Å². The number of unbranched alkanes of at least 4 members (excludes halogenated alkanes) is 1. The Morgan fingerprint density at radius 3 is 2.36 bits per heavy atom. The predicted molar refractivity (Wildman–Crippen MR) is 329 cm³/mol. The van der Waals surface area contributed by atoms with Crippen LogP contribution in [0, 0.1) is 18.8 Å². The van der Waals surface area contributed by atoms with Crippen molar-refractivity contribution in [2.75, 3.05) is 54.0 Å². The molecule has 7 amide bonds. The van der Waals surface area contributed by atoms with Crippen molar-refractivity contribution in [2.24, 2.45) is 17.6 Å². The van der Waals surface area contributed by atoms with Gasteiger partial charge in [-0.25, -0.2) is 14.9 Å². The number of methoxy groups -OCH3 is 2. The van der Waals surface area contributed by atoms with Crippen molar-refractivity contribution in [3.63, 3.8) is 0 Å². The van der Waals surface area contributed by atoms with E-state index in [-0.39, 0.29) is 61.2 Å². The van der Waals surface area contributed by atoms with Crippen molar-refractivity contribution >= 4 is 103 Å². The molecule has 0 aliphatic carbocycles. The van der Waals surface area contributed by atoms with Crippen molar-refractivity contribution < 1.29 is 72.2 Å². The summed E-state index contributed by atoms with van der Waals surface area (Å²) in [6.45, 7) is 14.5. The Morgan fingerprint density at radius 1 is 1.04 bits per heavy atom. The van der Waals surface area contributed by atoms with E-state index in [9.17, 15) is 43.8 Å². The van der Waals surface area contributed by atoms with Gasteiger partial charge in [0, 0.05) is 61.5 Å². The summed E-state index contributed by atoms with van der Waals surface area (Å²) in [5.74, 6) is -2.66. The van der Waals surface area contributed by atoms with Crippen LogP contribution in [-0.4, -0.2) is 156 Å². The quantitative estimate of drug-likeness (QED) is 0.0223. The average Bonchev–Trinajstić information content (AvgIpc) is 1.65. The fourth-order valence-corrected chi connectivity index (χ4v) is 12.3. The molecule has 4 bridgehead atoms. The lowest BCUT2D eigenvalue weighted by atomic mass is 9.83. The second-order valence-electron chi connectivity index (χ2n) is 23.2. The number of aliphatic hydroxyl groups is 2. The number of carbonyl (C=O) groups excluding carboxylic acids is 7. The van der Waals surface area contributed by atoms with Crippen molar-refractivity contribution in [2.45, 2.75) is 179 Å². The number of rotatable bonds is 24. The van der Waals surface area contributed by atoms with Gasteiger partial charge in [-0.05, 0) is 114 Å². The molecule has 2 aromatic rings. The summed E-state index contributed by atoms with van der Waals surface area (Å²) < 4.78 is 35.9. The Kier molecular flexibility index (Phi) is 25.8. The van der Waals surface area contributed by atoms with Gasteiger partial charge in [-0.2, -0.15) is 0 Å². The Balaban J connectivity index is 1.32. The summed E-state index contributed by atoms with van der Waals surface area (Å²) in [6.07, 6.45) is 1.83. The molecule has 0 aromatic heterocycles. The Hall–Kier alpha value is -5.22. The van der Waals surface area contributed by atoms with Crippen LogP contribution in [-0.2, 0) is 54.1 Å². The highest BCUT2D eigenvalue weighted by molar-refractivity contribution is 9.10. The van der Waals surface area contributed by atoms with Crippen molar-refractivity contribution in [3.05, 3.63) is 70.3 Å². The number of aryl methyl sites for hydroxylation is 1. The molecule has 2 fully saturated rings. The molecule has 0 spiro atoms. The molecule has 5 rings (SSSR count). The minimum Gasteiger partial charge on any atom is -0.495 e. The first-order chi connectivity index (χ1) is 40.0. The van der Waals surface area contributed by atoms with E-state index in [2.05, 4.69) is 63.8 Å². The first kappa shape index (κ1) is 70.5. The number of urea groups is 1. The first-order valence-corrected chi connectivity index (χ1v) is 30.9. The molecule has 85 heavy (non-hydrogen) atoms. The average molecular weight is 1340 g/mol. The molecule has 23 nitrogen and oxygen atoms in total.